The van der Waals surface area contributed by atoms with Crippen molar-refractivity contribution in [3.8, 4) is 0 Å². The zero-order valence-electron chi connectivity index (χ0n) is 14.0. The Hall–Kier alpha value is -1.45. The van der Waals surface area contributed by atoms with Crippen LogP contribution in [0.2, 0.25) is 0 Å². The van der Waals surface area contributed by atoms with Crippen LogP contribution in [0.3, 0.4) is 0 Å². The summed E-state index contributed by atoms with van der Waals surface area (Å²) in [6.07, 6.45) is 1.99. The average molecular weight is 386 g/mol. The second-order valence-corrected chi connectivity index (χ2v) is 7.33. The maximum Gasteiger partial charge on any atom is 0.146 e. The Bertz CT molecular complexity index is 619. The molecule has 3 atom stereocenters. The molecular weight excluding hydrogens is 362 g/mol. The van der Waals surface area contributed by atoms with E-state index in [0.29, 0.717) is 23.1 Å². The number of nitrogens with one attached hydrogen (secondary N) is 1. The lowest BCUT2D eigenvalue weighted by Crippen LogP contribution is -2.32. The molecule has 3 rings (SSSR count). The number of ketones is 1. The molecule has 24 heavy (non-hydrogen) atoms. The van der Waals surface area contributed by atoms with Crippen LogP contribution in [-0.4, -0.2) is 17.2 Å². The third-order valence-electron chi connectivity index (χ3n) is 5.10. The van der Waals surface area contributed by atoms with E-state index in [1.807, 2.05) is 12.1 Å². The van der Waals surface area contributed by atoms with E-state index in [-0.39, 0.29) is 12.0 Å². The molecule has 1 aliphatic carbocycles. The smallest absolute Gasteiger partial charge is 0.146 e. The van der Waals surface area contributed by atoms with Gasteiger partial charge in [-0.1, -0.05) is 83.5 Å². The molecule has 0 spiro atoms. The van der Waals surface area contributed by atoms with Crippen molar-refractivity contribution in [1.29, 1.82) is 0 Å². The molecule has 3 heteroatoms. The molecule has 2 aromatic carbocycles. The van der Waals surface area contributed by atoms with Gasteiger partial charge < -0.3 is 5.32 Å². The number of halogens is 1. The first-order chi connectivity index (χ1) is 11.7. The van der Waals surface area contributed by atoms with Crippen LogP contribution in [-0.2, 0) is 4.79 Å². The van der Waals surface area contributed by atoms with Gasteiger partial charge in [0.2, 0.25) is 0 Å². The van der Waals surface area contributed by atoms with E-state index in [2.05, 4.69) is 76.7 Å². The van der Waals surface area contributed by atoms with Crippen LogP contribution >= 0.6 is 15.9 Å². The van der Waals surface area contributed by atoms with Crippen LogP contribution in [0.1, 0.15) is 36.9 Å². The summed E-state index contributed by atoms with van der Waals surface area (Å²) in [5, 5.41) is 4.29. The number of alkyl halides is 1. The van der Waals surface area contributed by atoms with Gasteiger partial charge in [0.15, 0.2) is 0 Å². The van der Waals surface area contributed by atoms with Gasteiger partial charge in [-0.05, 0) is 29.9 Å². The van der Waals surface area contributed by atoms with Crippen molar-refractivity contribution in [2.75, 3.05) is 5.33 Å². The molecule has 0 radical (unpaired) electrons. The Balaban J connectivity index is 1.80. The van der Waals surface area contributed by atoms with Gasteiger partial charge in [0.25, 0.3) is 0 Å². The molecule has 2 nitrogen and oxygen atoms in total. The van der Waals surface area contributed by atoms with Crippen molar-refractivity contribution in [1.82, 2.24) is 5.32 Å². The van der Waals surface area contributed by atoms with Gasteiger partial charge in [-0.25, -0.2) is 0 Å². The Morgan fingerprint density at radius 2 is 1.58 bits per heavy atom. The molecule has 0 amide bonds. The predicted molar refractivity (Wildman–Crippen MR) is 102 cm³/mol. The van der Waals surface area contributed by atoms with Gasteiger partial charge in [0.05, 0.1) is 11.4 Å². The van der Waals surface area contributed by atoms with Crippen LogP contribution in [0, 0.1) is 11.8 Å². The molecule has 0 heterocycles. The third kappa shape index (κ3) is 3.96. The number of carbonyl (C=O) groups is 1. The summed E-state index contributed by atoms with van der Waals surface area (Å²) in [4.78, 5) is 12.1. The quantitative estimate of drug-likeness (QED) is 0.727. The molecule has 1 aliphatic rings. The van der Waals surface area contributed by atoms with Gasteiger partial charge in [-0.15, -0.1) is 0 Å². The molecule has 1 fully saturated rings. The van der Waals surface area contributed by atoms with Crippen LogP contribution in [0.25, 0.3) is 0 Å². The lowest BCUT2D eigenvalue weighted by molar-refractivity contribution is -0.121. The van der Waals surface area contributed by atoms with Crippen molar-refractivity contribution in [2.45, 2.75) is 31.8 Å². The van der Waals surface area contributed by atoms with E-state index in [1.165, 1.54) is 11.1 Å². The summed E-state index contributed by atoms with van der Waals surface area (Å²) in [6, 6.07) is 21.7. The molecule has 0 aliphatic heterocycles. The fourth-order valence-corrected chi connectivity index (χ4v) is 4.26. The fraction of sp³-hybridized carbons (Fsp3) is 0.381. The fourth-order valence-electron chi connectivity index (χ4n) is 3.84. The SMILES string of the molecule is CC1CC(NC(c2ccccc2)c2ccccc2)CC1C(=O)CBr. The van der Waals surface area contributed by atoms with E-state index >= 15 is 0 Å². The zero-order chi connectivity index (χ0) is 16.9. The summed E-state index contributed by atoms with van der Waals surface area (Å²) in [5.41, 5.74) is 2.54. The molecule has 0 saturated heterocycles. The standard InChI is InChI=1S/C21H24BrNO/c1-15-12-18(13-19(15)20(24)14-22)23-21(16-8-4-2-5-9-16)17-10-6-3-7-11-17/h2-11,15,18-19,21,23H,12-14H2,1H3. The highest BCUT2D eigenvalue weighted by Gasteiger charge is 2.36. The minimum Gasteiger partial charge on any atom is -0.303 e. The van der Waals surface area contributed by atoms with Crippen LogP contribution in [0.5, 0.6) is 0 Å². The molecule has 0 aromatic heterocycles. The molecule has 126 valence electrons. The second-order valence-electron chi connectivity index (χ2n) is 6.77. The topological polar surface area (TPSA) is 29.1 Å². The lowest BCUT2D eigenvalue weighted by Gasteiger charge is -2.24. The number of rotatable bonds is 6. The van der Waals surface area contributed by atoms with E-state index < -0.39 is 0 Å². The van der Waals surface area contributed by atoms with Crippen molar-refractivity contribution in [3.05, 3.63) is 71.8 Å². The summed E-state index contributed by atoms with van der Waals surface area (Å²) in [6.45, 7) is 2.20. The first kappa shape index (κ1) is 17.4. The van der Waals surface area contributed by atoms with Gasteiger partial charge in [0.1, 0.15) is 5.78 Å². The first-order valence-corrected chi connectivity index (χ1v) is 9.75. The average Bonchev–Trinajstić information content (AvgIpc) is 3.01. The Labute approximate surface area is 152 Å². The first-order valence-electron chi connectivity index (χ1n) is 8.63. The van der Waals surface area contributed by atoms with E-state index in [0.717, 1.165) is 12.8 Å². The Morgan fingerprint density at radius 3 is 2.08 bits per heavy atom. The molecule has 1 N–H and O–H groups in total. The van der Waals surface area contributed by atoms with Crippen molar-refractivity contribution >= 4 is 21.7 Å². The van der Waals surface area contributed by atoms with Gasteiger partial charge >= 0.3 is 0 Å². The highest BCUT2D eigenvalue weighted by Crippen LogP contribution is 2.35. The van der Waals surface area contributed by atoms with Crippen molar-refractivity contribution < 1.29 is 4.79 Å². The lowest BCUT2D eigenvalue weighted by atomic mass is 9.95. The maximum absolute atomic E-state index is 12.1. The third-order valence-corrected chi connectivity index (χ3v) is 5.65. The monoisotopic (exact) mass is 385 g/mol. The van der Waals surface area contributed by atoms with Gasteiger partial charge in [0, 0.05) is 12.0 Å². The number of benzene rings is 2. The van der Waals surface area contributed by atoms with E-state index in [9.17, 15) is 4.79 Å². The largest absolute Gasteiger partial charge is 0.303 e. The Kier molecular flexibility index (Phi) is 5.85. The molecule has 3 unspecified atom stereocenters. The summed E-state index contributed by atoms with van der Waals surface area (Å²) < 4.78 is 0. The normalized spacial score (nSPS) is 23.5. The number of hydrogen-bond acceptors (Lipinski definition) is 2. The molecule has 1 saturated carbocycles. The van der Waals surface area contributed by atoms with Gasteiger partial charge in [-0.2, -0.15) is 0 Å². The zero-order valence-corrected chi connectivity index (χ0v) is 15.6. The molecule has 2 aromatic rings. The van der Waals surface area contributed by atoms with Gasteiger partial charge in [-0.3, -0.25) is 4.79 Å². The summed E-state index contributed by atoms with van der Waals surface area (Å²) in [7, 11) is 0. The molecule has 0 bridgehead atoms. The van der Waals surface area contributed by atoms with Crippen LogP contribution < -0.4 is 5.32 Å². The number of carbonyl (C=O) groups excluding carboxylic acids is 1. The second kappa shape index (κ2) is 8.09. The Morgan fingerprint density at radius 1 is 1.04 bits per heavy atom. The summed E-state index contributed by atoms with van der Waals surface area (Å²) >= 11 is 3.33. The molecular formula is C21H24BrNO. The number of hydrogen-bond donors (Lipinski definition) is 1. The minimum absolute atomic E-state index is 0.169. The highest BCUT2D eigenvalue weighted by molar-refractivity contribution is 9.09. The highest BCUT2D eigenvalue weighted by atomic mass is 79.9. The van der Waals surface area contributed by atoms with E-state index in [1.54, 1.807) is 0 Å². The van der Waals surface area contributed by atoms with Crippen LogP contribution in [0.15, 0.2) is 60.7 Å². The van der Waals surface area contributed by atoms with Crippen molar-refractivity contribution in [2.24, 2.45) is 11.8 Å². The number of Topliss-reactive ketones (excluding diaryl/α,β-unsaturated/α-hetero) is 1. The predicted octanol–water partition coefficient (Wildman–Crippen LogP) is 4.74. The summed E-state index contributed by atoms with van der Waals surface area (Å²) in [5.74, 6) is 0.955. The van der Waals surface area contributed by atoms with Crippen molar-refractivity contribution in [3.63, 3.8) is 0 Å². The van der Waals surface area contributed by atoms with Crippen LogP contribution in [0.4, 0.5) is 0 Å². The van der Waals surface area contributed by atoms with E-state index in [4.69, 9.17) is 0 Å². The minimum atomic E-state index is 0.169. The maximum atomic E-state index is 12.1.